The van der Waals surface area contributed by atoms with Crippen molar-refractivity contribution in [2.45, 2.75) is 62.8 Å². The third-order valence-corrected chi connectivity index (χ3v) is 5.73. The first-order valence-electron chi connectivity index (χ1n) is 9.11. The van der Waals surface area contributed by atoms with Gasteiger partial charge in [0.15, 0.2) is 5.60 Å². The van der Waals surface area contributed by atoms with E-state index in [9.17, 15) is 13.2 Å². The van der Waals surface area contributed by atoms with Crippen molar-refractivity contribution < 1.29 is 17.9 Å². The van der Waals surface area contributed by atoms with Crippen molar-refractivity contribution in [3.05, 3.63) is 23.8 Å². The number of hydrogen-bond acceptors (Lipinski definition) is 3. The summed E-state index contributed by atoms with van der Waals surface area (Å²) in [6.45, 7) is -0.110. The maximum atomic E-state index is 13.6. The number of likely N-dealkylation sites (tertiary alicyclic amines) is 1. The van der Waals surface area contributed by atoms with E-state index in [1.807, 2.05) is 23.1 Å². The molecule has 0 atom stereocenters. The lowest BCUT2D eigenvalue weighted by Crippen LogP contribution is -2.72. The molecule has 0 aromatic rings. The quantitative estimate of drug-likeness (QED) is 0.736. The standard InChI is InChI=1S/C19H25F3N2O/c20-19(21,22)18(25-12-16-4-2-1-3-5-16)13-24(14-18)17-8-6-15(7-9-17)10-11-23/h2,4-5,15,17H,1,3,6-10,12-14H2. The van der Waals surface area contributed by atoms with Gasteiger partial charge < -0.3 is 4.74 Å². The Hall–Kier alpha value is -1.32. The SMILES string of the molecule is N#CCC1CCC(N2CC(OCC3=CCCC=C3)(C(F)(F)F)C2)CC1. The minimum absolute atomic E-state index is 0.0265. The van der Waals surface area contributed by atoms with Crippen LogP contribution < -0.4 is 0 Å². The molecule has 0 aromatic heterocycles. The van der Waals surface area contributed by atoms with Crippen LogP contribution in [-0.2, 0) is 4.74 Å². The topological polar surface area (TPSA) is 36.3 Å². The summed E-state index contributed by atoms with van der Waals surface area (Å²) in [5.41, 5.74) is -1.19. The van der Waals surface area contributed by atoms with Crippen LogP contribution in [0, 0.1) is 17.2 Å². The van der Waals surface area contributed by atoms with Gasteiger partial charge in [0.05, 0.1) is 12.7 Å². The van der Waals surface area contributed by atoms with Crippen molar-refractivity contribution >= 4 is 0 Å². The van der Waals surface area contributed by atoms with Gasteiger partial charge in [-0.15, -0.1) is 0 Å². The van der Waals surface area contributed by atoms with E-state index < -0.39 is 11.8 Å². The van der Waals surface area contributed by atoms with Gasteiger partial charge in [0.2, 0.25) is 0 Å². The minimum atomic E-state index is -4.35. The van der Waals surface area contributed by atoms with Crippen LogP contribution >= 0.6 is 0 Å². The molecule has 0 spiro atoms. The van der Waals surface area contributed by atoms with Crippen LogP contribution in [0.3, 0.4) is 0 Å². The lowest BCUT2D eigenvalue weighted by molar-refractivity contribution is -0.321. The van der Waals surface area contributed by atoms with Crippen LogP contribution in [0.2, 0.25) is 0 Å². The maximum Gasteiger partial charge on any atom is 0.419 e. The van der Waals surface area contributed by atoms with Gasteiger partial charge in [0.1, 0.15) is 0 Å². The lowest BCUT2D eigenvalue weighted by atomic mass is 9.80. The van der Waals surface area contributed by atoms with Gasteiger partial charge in [0.25, 0.3) is 0 Å². The number of nitriles is 1. The molecular weight excluding hydrogens is 329 g/mol. The predicted octanol–water partition coefficient (Wildman–Crippen LogP) is 4.37. The molecule has 2 fully saturated rings. The van der Waals surface area contributed by atoms with Crippen LogP contribution in [0.5, 0.6) is 0 Å². The molecule has 0 N–H and O–H groups in total. The Kier molecular flexibility index (Phi) is 5.55. The molecule has 0 radical (unpaired) electrons. The fourth-order valence-electron chi connectivity index (χ4n) is 4.06. The Morgan fingerprint density at radius 1 is 1.20 bits per heavy atom. The molecule has 0 aromatic carbocycles. The highest BCUT2D eigenvalue weighted by Gasteiger charge is 2.64. The molecule has 3 aliphatic rings. The molecule has 138 valence electrons. The van der Waals surface area contributed by atoms with Crippen molar-refractivity contribution in [3.8, 4) is 6.07 Å². The zero-order valence-electron chi connectivity index (χ0n) is 14.4. The van der Waals surface area contributed by atoms with Crippen LogP contribution in [0.4, 0.5) is 13.2 Å². The number of ether oxygens (including phenoxy) is 1. The zero-order valence-corrected chi connectivity index (χ0v) is 14.4. The van der Waals surface area contributed by atoms with E-state index in [0.29, 0.717) is 12.3 Å². The van der Waals surface area contributed by atoms with E-state index >= 15 is 0 Å². The van der Waals surface area contributed by atoms with Crippen LogP contribution in [-0.4, -0.2) is 42.4 Å². The molecule has 0 bridgehead atoms. The molecule has 0 unspecified atom stereocenters. The van der Waals surface area contributed by atoms with Crippen molar-refractivity contribution in [2.75, 3.05) is 19.7 Å². The minimum Gasteiger partial charge on any atom is -0.358 e. The molecule has 3 rings (SSSR count). The molecule has 6 heteroatoms. The van der Waals surface area contributed by atoms with Crippen molar-refractivity contribution in [2.24, 2.45) is 5.92 Å². The molecule has 1 aliphatic heterocycles. The van der Waals surface area contributed by atoms with E-state index in [1.54, 1.807) is 0 Å². The van der Waals surface area contributed by atoms with Crippen LogP contribution in [0.15, 0.2) is 23.8 Å². The summed E-state index contributed by atoms with van der Waals surface area (Å²) in [7, 11) is 0. The normalized spacial score (nSPS) is 29.6. The van der Waals surface area contributed by atoms with Gasteiger partial charge >= 0.3 is 6.18 Å². The highest BCUT2D eigenvalue weighted by atomic mass is 19.4. The van der Waals surface area contributed by atoms with Crippen molar-refractivity contribution in [1.82, 2.24) is 4.90 Å². The Morgan fingerprint density at radius 3 is 2.48 bits per heavy atom. The second-order valence-electron chi connectivity index (χ2n) is 7.48. The summed E-state index contributed by atoms with van der Waals surface area (Å²) in [5.74, 6) is 0.413. The lowest BCUT2D eigenvalue weighted by Gasteiger charge is -2.54. The second kappa shape index (κ2) is 7.51. The first-order chi connectivity index (χ1) is 11.9. The largest absolute Gasteiger partial charge is 0.419 e. The number of hydrogen-bond donors (Lipinski definition) is 0. The van der Waals surface area contributed by atoms with Crippen LogP contribution in [0.25, 0.3) is 0 Å². The van der Waals surface area contributed by atoms with E-state index in [1.165, 1.54) is 0 Å². The predicted molar refractivity (Wildman–Crippen MR) is 88.7 cm³/mol. The molecule has 3 nitrogen and oxygen atoms in total. The van der Waals surface area contributed by atoms with Gasteiger partial charge in [-0.25, -0.2) is 0 Å². The van der Waals surface area contributed by atoms with Crippen molar-refractivity contribution in [1.29, 1.82) is 5.26 Å². The summed E-state index contributed by atoms with van der Waals surface area (Å²) in [6.07, 6.45) is 7.46. The molecule has 0 amide bonds. The number of halogens is 3. The maximum absolute atomic E-state index is 13.6. The van der Waals surface area contributed by atoms with E-state index in [-0.39, 0.29) is 25.7 Å². The Morgan fingerprint density at radius 2 is 1.92 bits per heavy atom. The van der Waals surface area contributed by atoms with Gasteiger partial charge in [-0.3, -0.25) is 4.90 Å². The van der Waals surface area contributed by atoms with E-state index in [0.717, 1.165) is 44.1 Å². The summed E-state index contributed by atoms with van der Waals surface area (Å²) in [6, 6.07) is 2.39. The summed E-state index contributed by atoms with van der Waals surface area (Å²) in [5, 5.41) is 8.76. The molecule has 1 heterocycles. The van der Waals surface area contributed by atoms with Crippen LogP contribution in [0.1, 0.15) is 44.9 Å². The second-order valence-corrected chi connectivity index (χ2v) is 7.48. The fourth-order valence-corrected chi connectivity index (χ4v) is 4.06. The Balaban J connectivity index is 1.54. The van der Waals surface area contributed by atoms with E-state index in [2.05, 4.69) is 6.07 Å². The third kappa shape index (κ3) is 4.09. The molecular formula is C19H25F3N2O. The smallest absolute Gasteiger partial charge is 0.358 e. The van der Waals surface area contributed by atoms with Gasteiger partial charge in [0, 0.05) is 25.6 Å². The Labute approximate surface area is 147 Å². The summed E-state index contributed by atoms with van der Waals surface area (Å²) >= 11 is 0. The monoisotopic (exact) mass is 354 g/mol. The highest BCUT2D eigenvalue weighted by molar-refractivity contribution is 5.23. The molecule has 2 aliphatic carbocycles. The Bertz CT molecular complexity index is 562. The number of nitrogens with zero attached hydrogens (tertiary/aromatic N) is 2. The first-order valence-corrected chi connectivity index (χ1v) is 9.11. The average molecular weight is 354 g/mol. The molecule has 1 saturated heterocycles. The number of alkyl halides is 3. The van der Waals surface area contributed by atoms with Crippen molar-refractivity contribution in [3.63, 3.8) is 0 Å². The first kappa shape index (κ1) is 18.5. The molecule has 25 heavy (non-hydrogen) atoms. The van der Waals surface area contributed by atoms with E-state index in [4.69, 9.17) is 10.00 Å². The van der Waals surface area contributed by atoms with Gasteiger partial charge in [-0.05, 0) is 50.0 Å². The molecule has 1 saturated carbocycles. The number of allylic oxidation sites excluding steroid dienone is 2. The van der Waals surface area contributed by atoms with Gasteiger partial charge in [-0.1, -0.05) is 18.2 Å². The number of rotatable bonds is 5. The highest BCUT2D eigenvalue weighted by Crippen LogP contribution is 2.44. The third-order valence-electron chi connectivity index (χ3n) is 5.73. The summed E-state index contributed by atoms with van der Waals surface area (Å²) in [4.78, 5) is 1.92. The summed E-state index contributed by atoms with van der Waals surface area (Å²) < 4.78 is 46.2. The average Bonchev–Trinajstić information content (AvgIpc) is 2.55. The fraction of sp³-hybridized carbons (Fsp3) is 0.737. The zero-order chi connectivity index (χ0) is 17.9. The van der Waals surface area contributed by atoms with Gasteiger partial charge in [-0.2, -0.15) is 18.4 Å².